The van der Waals surface area contributed by atoms with Crippen LogP contribution in [0.2, 0.25) is 0 Å². The minimum absolute atomic E-state index is 0.163. The number of benzene rings is 3. The van der Waals surface area contributed by atoms with Crippen LogP contribution in [0.3, 0.4) is 0 Å². The molecule has 0 atom stereocenters. The largest absolute Gasteiger partial charge is 0.292 e. The molecule has 0 radical (unpaired) electrons. The molecule has 182 valence electrons. The van der Waals surface area contributed by atoms with Crippen molar-refractivity contribution in [3.63, 3.8) is 0 Å². The SMILES string of the molecule is C/C(=N/NC(=O)CN1CCN(S(=O)(=O)c2ccc(Br)cc2)CC1)c1ccc(-c2ccccc2)cc1. The monoisotopic (exact) mass is 554 g/mol. The lowest BCUT2D eigenvalue weighted by Gasteiger charge is -2.33. The Kier molecular flexibility index (Phi) is 8.12. The fraction of sp³-hybridized carbons (Fsp3) is 0.231. The van der Waals surface area contributed by atoms with Gasteiger partial charge in [0.1, 0.15) is 0 Å². The summed E-state index contributed by atoms with van der Waals surface area (Å²) >= 11 is 3.32. The van der Waals surface area contributed by atoms with Crippen LogP contribution in [0.5, 0.6) is 0 Å². The number of sulfonamides is 1. The summed E-state index contributed by atoms with van der Waals surface area (Å²) in [5, 5.41) is 4.24. The average molecular weight is 555 g/mol. The third-order valence-corrected chi connectivity index (χ3v) is 8.35. The number of hydrogen-bond acceptors (Lipinski definition) is 5. The number of halogens is 1. The number of carbonyl (C=O) groups excluding carboxylic acids is 1. The number of piperazine rings is 1. The van der Waals surface area contributed by atoms with Crippen molar-refractivity contribution in [3.05, 3.63) is 88.9 Å². The fourth-order valence-corrected chi connectivity index (χ4v) is 5.55. The van der Waals surface area contributed by atoms with Gasteiger partial charge < -0.3 is 0 Å². The molecule has 35 heavy (non-hydrogen) atoms. The summed E-state index contributed by atoms with van der Waals surface area (Å²) in [6, 6.07) is 24.8. The molecule has 3 aromatic rings. The third kappa shape index (κ3) is 6.43. The zero-order valence-electron chi connectivity index (χ0n) is 19.4. The molecule has 1 aliphatic rings. The molecule has 9 heteroatoms. The topological polar surface area (TPSA) is 82.1 Å². The van der Waals surface area contributed by atoms with Crippen molar-refractivity contribution in [2.45, 2.75) is 11.8 Å². The summed E-state index contributed by atoms with van der Waals surface area (Å²) in [7, 11) is -3.54. The maximum Gasteiger partial charge on any atom is 0.254 e. The second-order valence-electron chi connectivity index (χ2n) is 8.31. The highest BCUT2D eigenvalue weighted by Crippen LogP contribution is 2.21. The van der Waals surface area contributed by atoms with Crippen LogP contribution in [-0.4, -0.2) is 62.0 Å². The molecule has 0 unspecified atom stereocenters. The van der Waals surface area contributed by atoms with Crippen molar-refractivity contribution in [1.29, 1.82) is 0 Å². The van der Waals surface area contributed by atoms with Gasteiger partial charge in [0.25, 0.3) is 5.91 Å². The highest BCUT2D eigenvalue weighted by Gasteiger charge is 2.29. The first-order chi connectivity index (χ1) is 16.8. The van der Waals surface area contributed by atoms with E-state index in [2.05, 4.69) is 38.6 Å². The maximum absolute atomic E-state index is 12.8. The van der Waals surface area contributed by atoms with Crippen LogP contribution in [0, 0.1) is 0 Å². The maximum atomic E-state index is 12.8. The van der Waals surface area contributed by atoms with Crippen LogP contribution in [0.4, 0.5) is 0 Å². The molecule has 0 saturated carbocycles. The number of amides is 1. The van der Waals surface area contributed by atoms with Gasteiger partial charge in [-0.05, 0) is 47.9 Å². The van der Waals surface area contributed by atoms with Crippen LogP contribution < -0.4 is 5.43 Å². The Morgan fingerprint density at radius 1 is 0.886 bits per heavy atom. The van der Waals surface area contributed by atoms with Gasteiger partial charge in [-0.25, -0.2) is 13.8 Å². The first-order valence-electron chi connectivity index (χ1n) is 11.3. The molecule has 1 saturated heterocycles. The van der Waals surface area contributed by atoms with E-state index in [1.165, 1.54) is 4.31 Å². The van der Waals surface area contributed by atoms with E-state index in [1.807, 2.05) is 54.3 Å². The van der Waals surface area contributed by atoms with Gasteiger partial charge in [0, 0.05) is 30.7 Å². The molecular weight excluding hydrogens is 528 g/mol. The molecule has 0 bridgehead atoms. The highest BCUT2D eigenvalue weighted by atomic mass is 79.9. The van der Waals surface area contributed by atoms with Gasteiger partial charge in [-0.3, -0.25) is 9.69 Å². The van der Waals surface area contributed by atoms with Crippen molar-refractivity contribution < 1.29 is 13.2 Å². The Morgan fingerprint density at radius 2 is 1.49 bits per heavy atom. The Bertz CT molecular complexity index is 1290. The molecule has 1 N–H and O–H groups in total. The lowest BCUT2D eigenvalue weighted by atomic mass is 10.0. The van der Waals surface area contributed by atoms with E-state index in [9.17, 15) is 13.2 Å². The number of hydrogen-bond donors (Lipinski definition) is 1. The van der Waals surface area contributed by atoms with Crippen molar-refractivity contribution in [2.75, 3.05) is 32.7 Å². The van der Waals surface area contributed by atoms with Crippen LogP contribution in [0.1, 0.15) is 12.5 Å². The minimum atomic E-state index is -3.54. The van der Waals surface area contributed by atoms with Crippen molar-refractivity contribution in [2.24, 2.45) is 5.10 Å². The summed E-state index contributed by atoms with van der Waals surface area (Å²) in [6.45, 7) is 3.64. The average Bonchev–Trinajstić information content (AvgIpc) is 2.88. The summed E-state index contributed by atoms with van der Waals surface area (Å²) in [4.78, 5) is 14.6. The molecular formula is C26H27BrN4O3S. The van der Waals surface area contributed by atoms with Gasteiger partial charge >= 0.3 is 0 Å². The van der Waals surface area contributed by atoms with Gasteiger partial charge in [-0.15, -0.1) is 0 Å². The Hall–Kier alpha value is -2.85. The lowest BCUT2D eigenvalue weighted by Crippen LogP contribution is -2.50. The van der Waals surface area contributed by atoms with Gasteiger partial charge in [0.05, 0.1) is 17.2 Å². The van der Waals surface area contributed by atoms with Crippen LogP contribution in [0.15, 0.2) is 93.3 Å². The Morgan fingerprint density at radius 3 is 2.11 bits per heavy atom. The van der Waals surface area contributed by atoms with Gasteiger partial charge in [0.15, 0.2) is 0 Å². The summed E-state index contributed by atoms with van der Waals surface area (Å²) in [5.41, 5.74) is 6.52. The van der Waals surface area contributed by atoms with Crippen LogP contribution in [-0.2, 0) is 14.8 Å². The van der Waals surface area contributed by atoms with Gasteiger partial charge in [0.2, 0.25) is 10.0 Å². The number of rotatable bonds is 7. The predicted octanol–water partition coefficient (Wildman–Crippen LogP) is 3.96. The van der Waals surface area contributed by atoms with E-state index < -0.39 is 10.0 Å². The van der Waals surface area contributed by atoms with Gasteiger partial charge in [-0.1, -0.05) is 70.5 Å². The van der Waals surface area contributed by atoms with E-state index in [4.69, 9.17) is 0 Å². The molecule has 0 spiro atoms. The van der Waals surface area contributed by atoms with E-state index in [0.717, 1.165) is 21.2 Å². The van der Waals surface area contributed by atoms with Crippen molar-refractivity contribution >= 4 is 37.6 Å². The minimum Gasteiger partial charge on any atom is -0.292 e. The lowest BCUT2D eigenvalue weighted by molar-refractivity contribution is -0.122. The molecule has 3 aromatic carbocycles. The van der Waals surface area contributed by atoms with E-state index in [1.54, 1.807) is 24.3 Å². The van der Waals surface area contributed by atoms with Gasteiger partial charge in [-0.2, -0.15) is 9.41 Å². The number of nitrogens with zero attached hydrogens (tertiary/aromatic N) is 3. The standard InChI is InChI=1S/C26H27BrN4O3S/c1-20(21-7-9-23(10-8-21)22-5-3-2-4-6-22)28-29-26(32)19-30-15-17-31(18-16-30)35(33,34)25-13-11-24(27)12-14-25/h2-14H,15-19H2,1H3,(H,29,32)/b28-20-. The quantitative estimate of drug-likeness (QED) is 0.354. The van der Waals surface area contributed by atoms with Crippen molar-refractivity contribution in [1.82, 2.24) is 14.6 Å². The zero-order chi connectivity index (χ0) is 24.8. The number of carbonyl (C=O) groups is 1. The van der Waals surface area contributed by atoms with Crippen LogP contribution >= 0.6 is 15.9 Å². The molecule has 4 rings (SSSR count). The summed E-state index contributed by atoms with van der Waals surface area (Å²) in [5.74, 6) is -0.227. The van der Waals surface area contributed by atoms with E-state index >= 15 is 0 Å². The number of nitrogens with one attached hydrogen (secondary N) is 1. The molecule has 0 aliphatic carbocycles. The third-order valence-electron chi connectivity index (χ3n) is 5.91. The van der Waals surface area contributed by atoms with E-state index in [-0.39, 0.29) is 17.3 Å². The predicted molar refractivity (Wildman–Crippen MR) is 142 cm³/mol. The molecule has 1 amide bonds. The van der Waals surface area contributed by atoms with Crippen LogP contribution in [0.25, 0.3) is 11.1 Å². The summed E-state index contributed by atoms with van der Waals surface area (Å²) in [6.07, 6.45) is 0. The molecule has 1 heterocycles. The Balaban J connectivity index is 1.27. The normalized spacial score (nSPS) is 15.7. The smallest absolute Gasteiger partial charge is 0.254 e. The molecule has 0 aromatic heterocycles. The van der Waals surface area contributed by atoms with E-state index in [0.29, 0.717) is 31.9 Å². The first-order valence-corrected chi connectivity index (χ1v) is 13.5. The first kappa shape index (κ1) is 25.2. The number of hydrazone groups is 1. The van der Waals surface area contributed by atoms with Crippen molar-refractivity contribution in [3.8, 4) is 11.1 Å². The second-order valence-corrected chi connectivity index (χ2v) is 11.2. The highest BCUT2D eigenvalue weighted by molar-refractivity contribution is 9.10. The second kappa shape index (κ2) is 11.3. The molecule has 1 fully saturated rings. The zero-order valence-corrected chi connectivity index (χ0v) is 21.8. The fourth-order valence-electron chi connectivity index (χ4n) is 3.87. The molecule has 7 nitrogen and oxygen atoms in total. The summed E-state index contributed by atoms with van der Waals surface area (Å²) < 4.78 is 28.0. The molecule has 1 aliphatic heterocycles. The Labute approximate surface area is 214 Å².